The molecule has 4 nitrogen and oxygen atoms in total. The van der Waals surface area contributed by atoms with Gasteiger partial charge in [-0.3, -0.25) is 4.79 Å². The van der Waals surface area contributed by atoms with Crippen LogP contribution in [0.1, 0.15) is 30.1 Å². The number of amides is 1. The van der Waals surface area contributed by atoms with Gasteiger partial charge in [-0.2, -0.15) is 0 Å². The van der Waals surface area contributed by atoms with Crippen LogP contribution in [-0.4, -0.2) is 18.0 Å². The van der Waals surface area contributed by atoms with E-state index in [-0.39, 0.29) is 5.41 Å². The number of carbonyl (C=O) groups is 2. The molecule has 1 fully saturated rings. The van der Waals surface area contributed by atoms with Gasteiger partial charge in [-0.15, -0.1) is 0 Å². The Morgan fingerprint density at radius 2 is 1.81 bits per heavy atom. The van der Waals surface area contributed by atoms with Gasteiger partial charge >= 0.3 is 5.97 Å². The van der Waals surface area contributed by atoms with Gasteiger partial charge in [-0.05, 0) is 29.7 Å². The molecule has 0 saturated heterocycles. The smallest absolute Gasteiger partial charge is 0.339 e. The maximum absolute atomic E-state index is 12.4. The minimum absolute atomic E-state index is 0.300. The fourth-order valence-corrected chi connectivity index (χ4v) is 2.58. The van der Waals surface area contributed by atoms with Gasteiger partial charge in [0, 0.05) is 5.41 Å². The molecule has 4 heteroatoms. The molecule has 3 rings (SSSR count). The lowest BCUT2D eigenvalue weighted by Crippen LogP contribution is -2.39. The molecule has 0 radical (unpaired) electrons. The Morgan fingerprint density at radius 1 is 1.14 bits per heavy atom. The van der Waals surface area contributed by atoms with Gasteiger partial charge in [0.05, 0.1) is 5.56 Å². The van der Waals surface area contributed by atoms with Crippen molar-refractivity contribution < 1.29 is 14.3 Å². The van der Waals surface area contributed by atoms with E-state index in [9.17, 15) is 9.59 Å². The molecule has 108 valence electrons. The van der Waals surface area contributed by atoms with Gasteiger partial charge < -0.3 is 10.5 Å². The standard InChI is InChI=1S/C17H17NO3/c1-17(9-10-17)14(15(18)19)21-16(20)13-8-4-6-11-5-2-3-7-12(11)13/h2-8,14H,9-10H2,1H3,(H2,18,19)/t14-/m1/s1. The second-order valence-corrected chi connectivity index (χ2v) is 5.87. The number of benzene rings is 2. The summed E-state index contributed by atoms with van der Waals surface area (Å²) in [5.41, 5.74) is 5.55. The molecule has 2 aromatic carbocycles. The summed E-state index contributed by atoms with van der Waals surface area (Å²) in [5, 5.41) is 1.77. The largest absolute Gasteiger partial charge is 0.448 e. The summed E-state index contributed by atoms with van der Waals surface area (Å²) in [4.78, 5) is 24.0. The summed E-state index contributed by atoms with van der Waals surface area (Å²) >= 11 is 0. The molecule has 0 unspecified atom stereocenters. The van der Waals surface area contributed by atoms with Crippen LogP contribution in [0.25, 0.3) is 10.8 Å². The summed E-state index contributed by atoms with van der Waals surface area (Å²) in [6, 6.07) is 13.0. The van der Waals surface area contributed by atoms with Crippen molar-refractivity contribution in [3.63, 3.8) is 0 Å². The Kier molecular flexibility index (Phi) is 3.16. The van der Waals surface area contributed by atoms with Crippen LogP contribution in [0.4, 0.5) is 0 Å². The average molecular weight is 283 g/mol. The van der Waals surface area contributed by atoms with Crippen LogP contribution >= 0.6 is 0 Å². The van der Waals surface area contributed by atoms with E-state index < -0.39 is 18.0 Å². The van der Waals surface area contributed by atoms with Gasteiger partial charge in [0.25, 0.3) is 5.91 Å². The first-order valence-corrected chi connectivity index (χ1v) is 6.99. The molecule has 1 aliphatic rings. The van der Waals surface area contributed by atoms with Crippen molar-refractivity contribution in [2.24, 2.45) is 11.1 Å². The van der Waals surface area contributed by atoms with Crippen LogP contribution in [0.2, 0.25) is 0 Å². The number of esters is 1. The number of fused-ring (bicyclic) bond motifs is 1. The number of primary amides is 1. The monoisotopic (exact) mass is 283 g/mol. The zero-order valence-corrected chi connectivity index (χ0v) is 11.8. The molecule has 1 atom stereocenters. The summed E-state index contributed by atoms with van der Waals surface area (Å²) in [6.07, 6.45) is 0.844. The van der Waals surface area contributed by atoms with Crippen LogP contribution in [0.3, 0.4) is 0 Å². The van der Waals surface area contributed by atoms with Gasteiger partial charge in [0.1, 0.15) is 0 Å². The van der Waals surface area contributed by atoms with E-state index in [4.69, 9.17) is 10.5 Å². The highest BCUT2D eigenvalue weighted by Gasteiger charge is 2.50. The molecular formula is C17H17NO3. The van der Waals surface area contributed by atoms with E-state index in [1.165, 1.54) is 0 Å². The van der Waals surface area contributed by atoms with Crippen molar-refractivity contribution >= 4 is 22.6 Å². The quantitative estimate of drug-likeness (QED) is 0.877. The van der Waals surface area contributed by atoms with E-state index in [1.807, 2.05) is 37.3 Å². The topological polar surface area (TPSA) is 69.4 Å². The maximum Gasteiger partial charge on any atom is 0.339 e. The predicted octanol–water partition coefficient (Wildman–Crippen LogP) is 2.65. The van der Waals surface area contributed by atoms with Crippen molar-refractivity contribution in [2.75, 3.05) is 0 Å². The number of hydrogen-bond donors (Lipinski definition) is 1. The van der Waals surface area contributed by atoms with Crippen molar-refractivity contribution in [3.05, 3.63) is 48.0 Å². The fraction of sp³-hybridized carbons (Fsp3) is 0.294. The molecule has 0 aromatic heterocycles. The van der Waals surface area contributed by atoms with E-state index in [1.54, 1.807) is 12.1 Å². The molecule has 21 heavy (non-hydrogen) atoms. The molecule has 1 aliphatic carbocycles. The second-order valence-electron chi connectivity index (χ2n) is 5.87. The van der Waals surface area contributed by atoms with Crippen molar-refractivity contribution in [1.29, 1.82) is 0 Å². The normalized spacial score (nSPS) is 17.2. The van der Waals surface area contributed by atoms with Crippen LogP contribution in [0.5, 0.6) is 0 Å². The third-order valence-corrected chi connectivity index (χ3v) is 4.16. The summed E-state index contributed by atoms with van der Waals surface area (Å²) in [5.74, 6) is -1.08. The first-order chi connectivity index (χ1) is 10.0. The molecule has 2 N–H and O–H groups in total. The highest BCUT2D eigenvalue weighted by Crippen LogP contribution is 2.49. The van der Waals surface area contributed by atoms with Crippen LogP contribution in [-0.2, 0) is 9.53 Å². The van der Waals surface area contributed by atoms with Crippen LogP contribution < -0.4 is 5.73 Å². The number of ether oxygens (including phenoxy) is 1. The van der Waals surface area contributed by atoms with Gasteiger partial charge in [0.2, 0.25) is 0 Å². The summed E-state index contributed by atoms with van der Waals surface area (Å²) < 4.78 is 5.42. The van der Waals surface area contributed by atoms with E-state index in [0.29, 0.717) is 5.56 Å². The fourth-order valence-electron chi connectivity index (χ4n) is 2.58. The third kappa shape index (κ3) is 2.49. The summed E-state index contributed by atoms with van der Waals surface area (Å²) in [7, 11) is 0. The predicted molar refractivity (Wildman–Crippen MR) is 79.7 cm³/mol. The van der Waals surface area contributed by atoms with Crippen LogP contribution in [0.15, 0.2) is 42.5 Å². The molecule has 0 bridgehead atoms. The van der Waals surface area contributed by atoms with Gasteiger partial charge in [-0.1, -0.05) is 43.3 Å². The molecule has 1 saturated carbocycles. The molecule has 0 aliphatic heterocycles. The molecule has 0 heterocycles. The molecular weight excluding hydrogens is 266 g/mol. The lowest BCUT2D eigenvalue weighted by Gasteiger charge is -2.20. The summed E-state index contributed by atoms with van der Waals surface area (Å²) in [6.45, 7) is 1.92. The Morgan fingerprint density at radius 3 is 2.48 bits per heavy atom. The van der Waals surface area contributed by atoms with Crippen molar-refractivity contribution in [2.45, 2.75) is 25.9 Å². The number of nitrogens with two attached hydrogens (primary N) is 1. The van der Waals surface area contributed by atoms with Gasteiger partial charge in [-0.25, -0.2) is 4.79 Å². The van der Waals surface area contributed by atoms with Crippen LogP contribution in [0, 0.1) is 5.41 Å². The Labute approximate surface area is 122 Å². The van der Waals surface area contributed by atoms with Gasteiger partial charge in [0.15, 0.2) is 6.10 Å². The van der Waals surface area contributed by atoms with E-state index in [2.05, 4.69) is 0 Å². The SMILES string of the molecule is CC1([C@H](OC(=O)c2cccc3ccccc23)C(N)=O)CC1. The number of carbonyl (C=O) groups excluding carboxylic acids is 2. The highest BCUT2D eigenvalue weighted by molar-refractivity contribution is 6.05. The lowest BCUT2D eigenvalue weighted by atomic mass is 10.0. The first kappa shape index (κ1) is 13.6. The Balaban J connectivity index is 1.92. The first-order valence-electron chi connectivity index (χ1n) is 6.99. The van der Waals surface area contributed by atoms with E-state index >= 15 is 0 Å². The lowest BCUT2D eigenvalue weighted by molar-refractivity contribution is -0.129. The molecule has 0 spiro atoms. The zero-order valence-electron chi connectivity index (χ0n) is 11.8. The number of rotatable bonds is 4. The van der Waals surface area contributed by atoms with Crippen molar-refractivity contribution in [1.82, 2.24) is 0 Å². The second kappa shape index (κ2) is 4.88. The zero-order chi connectivity index (χ0) is 15.0. The molecule has 2 aromatic rings. The minimum Gasteiger partial charge on any atom is -0.448 e. The van der Waals surface area contributed by atoms with E-state index in [0.717, 1.165) is 23.6 Å². The average Bonchev–Trinajstić information content (AvgIpc) is 3.22. The highest BCUT2D eigenvalue weighted by atomic mass is 16.5. The Bertz CT molecular complexity index is 714. The maximum atomic E-state index is 12.4. The minimum atomic E-state index is -0.857. The Hall–Kier alpha value is -2.36. The molecule has 1 amide bonds. The third-order valence-electron chi connectivity index (χ3n) is 4.16. The number of hydrogen-bond acceptors (Lipinski definition) is 3. The van der Waals surface area contributed by atoms with Crippen molar-refractivity contribution in [3.8, 4) is 0 Å².